The SMILES string of the molecule is CC(O)CC1CCCCN1CC(C)CNC(C)C. The molecule has 3 unspecified atom stereocenters. The van der Waals surface area contributed by atoms with Crippen LogP contribution in [0.1, 0.15) is 53.4 Å². The zero-order valence-electron chi connectivity index (χ0n) is 12.7. The van der Waals surface area contributed by atoms with Crippen LogP contribution in [-0.4, -0.2) is 47.8 Å². The van der Waals surface area contributed by atoms with Gasteiger partial charge in [-0.25, -0.2) is 0 Å². The Morgan fingerprint density at radius 2 is 1.94 bits per heavy atom. The van der Waals surface area contributed by atoms with E-state index < -0.39 is 0 Å². The minimum absolute atomic E-state index is 0.167. The van der Waals surface area contributed by atoms with Gasteiger partial charge in [-0.1, -0.05) is 27.2 Å². The van der Waals surface area contributed by atoms with Gasteiger partial charge in [0.15, 0.2) is 0 Å². The van der Waals surface area contributed by atoms with Crippen LogP contribution in [0.4, 0.5) is 0 Å². The smallest absolute Gasteiger partial charge is 0.0527 e. The minimum atomic E-state index is -0.167. The highest BCUT2D eigenvalue weighted by atomic mass is 16.3. The molecule has 3 nitrogen and oxygen atoms in total. The van der Waals surface area contributed by atoms with E-state index in [-0.39, 0.29) is 6.10 Å². The van der Waals surface area contributed by atoms with Gasteiger partial charge < -0.3 is 10.4 Å². The summed E-state index contributed by atoms with van der Waals surface area (Å²) in [6.45, 7) is 12.1. The molecule has 0 aliphatic carbocycles. The molecule has 0 bridgehead atoms. The van der Waals surface area contributed by atoms with E-state index in [0.29, 0.717) is 18.0 Å². The first-order valence-electron chi connectivity index (χ1n) is 7.64. The minimum Gasteiger partial charge on any atom is -0.393 e. The van der Waals surface area contributed by atoms with E-state index in [0.717, 1.165) is 19.5 Å². The third-order valence-electron chi connectivity index (χ3n) is 3.78. The van der Waals surface area contributed by atoms with Crippen LogP contribution in [0.15, 0.2) is 0 Å². The van der Waals surface area contributed by atoms with Crippen LogP contribution >= 0.6 is 0 Å². The summed E-state index contributed by atoms with van der Waals surface area (Å²) in [5.41, 5.74) is 0. The predicted molar refractivity (Wildman–Crippen MR) is 77.8 cm³/mol. The number of nitrogens with zero attached hydrogens (tertiary/aromatic N) is 1. The maximum atomic E-state index is 9.59. The molecule has 2 N–H and O–H groups in total. The van der Waals surface area contributed by atoms with E-state index in [2.05, 4.69) is 31.0 Å². The Bertz CT molecular complexity index is 219. The van der Waals surface area contributed by atoms with Gasteiger partial charge in [-0.3, -0.25) is 4.90 Å². The lowest BCUT2D eigenvalue weighted by molar-refractivity contribution is 0.0766. The zero-order chi connectivity index (χ0) is 13.5. The zero-order valence-corrected chi connectivity index (χ0v) is 12.7. The third-order valence-corrected chi connectivity index (χ3v) is 3.78. The average Bonchev–Trinajstić information content (AvgIpc) is 2.28. The van der Waals surface area contributed by atoms with E-state index in [1.807, 2.05) is 6.92 Å². The summed E-state index contributed by atoms with van der Waals surface area (Å²) in [5, 5.41) is 13.1. The van der Waals surface area contributed by atoms with Crippen LogP contribution in [0.3, 0.4) is 0 Å². The van der Waals surface area contributed by atoms with Gasteiger partial charge in [-0.15, -0.1) is 0 Å². The predicted octanol–water partition coefficient (Wildman–Crippen LogP) is 2.25. The third kappa shape index (κ3) is 6.17. The largest absolute Gasteiger partial charge is 0.393 e. The molecule has 0 aromatic heterocycles. The molecule has 0 radical (unpaired) electrons. The molecule has 0 aromatic carbocycles. The van der Waals surface area contributed by atoms with Gasteiger partial charge in [0.1, 0.15) is 0 Å². The number of aliphatic hydroxyl groups is 1. The van der Waals surface area contributed by atoms with Crippen molar-refractivity contribution in [1.29, 1.82) is 0 Å². The Hall–Kier alpha value is -0.120. The quantitative estimate of drug-likeness (QED) is 0.733. The molecule has 1 rings (SSSR count). The summed E-state index contributed by atoms with van der Waals surface area (Å²) < 4.78 is 0. The lowest BCUT2D eigenvalue weighted by Crippen LogP contribution is -2.45. The average molecular weight is 256 g/mol. The van der Waals surface area contributed by atoms with Gasteiger partial charge >= 0.3 is 0 Å². The standard InChI is InChI=1S/C15H32N2O/c1-12(2)16-10-13(3)11-17-8-6-5-7-15(17)9-14(4)18/h12-16,18H,5-11H2,1-4H3. The monoisotopic (exact) mass is 256 g/mol. The second-order valence-corrected chi connectivity index (χ2v) is 6.40. The van der Waals surface area contributed by atoms with Crippen LogP contribution in [0.5, 0.6) is 0 Å². The van der Waals surface area contributed by atoms with Gasteiger partial charge in [0.2, 0.25) is 0 Å². The van der Waals surface area contributed by atoms with E-state index in [4.69, 9.17) is 0 Å². The van der Waals surface area contributed by atoms with E-state index in [9.17, 15) is 5.11 Å². The molecule has 1 heterocycles. The highest BCUT2D eigenvalue weighted by molar-refractivity contribution is 4.80. The molecule has 3 atom stereocenters. The van der Waals surface area contributed by atoms with Crippen molar-refractivity contribution in [2.24, 2.45) is 5.92 Å². The molecule has 1 fully saturated rings. The first-order valence-corrected chi connectivity index (χ1v) is 7.64. The van der Waals surface area contributed by atoms with Crippen molar-refractivity contribution < 1.29 is 5.11 Å². The first kappa shape index (κ1) is 15.9. The lowest BCUT2D eigenvalue weighted by Gasteiger charge is -2.38. The number of likely N-dealkylation sites (tertiary alicyclic amines) is 1. The first-order chi connectivity index (χ1) is 8.49. The molecule has 1 aliphatic rings. The highest BCUT2D eigenvalue weighted by Gasteiger charge is 2.24. The van der Waals surface area contributed by atoms with Crippen molar-refractivity contribution in [2.75, 3.05) is 19.6 Å². The topological polar surface area (TPSA) is 35.5 Å². The summed E-state index contributed by atoms with van der Waals surface area (Å²) >= 11 is 0. The molecule has 0 aromatic rings. The lowest BCUT2D eigenvalue weighted by atomic mass is 9.96. The highest BCUT2D eigenvalue weighted by Crippen LogP contribution is 2.21. The maximum Gasteiger partial charge on any atom is 0.0527 e. The van der Waals surface area contributed by atoms with Crippen LogP contribution in [0.2, 0.25) is 0 Å². The van der Waals surface area contributed by atoms with Gasteiger partial charge in [0.25, 0.3) is 0 Å². The van der Waals surface area contributed by atoms with Crippen molar-refractivity contribution in [1.82, 2.24) is 10.2 Å². The maximum absolute atomic E-state index is 9.59. The molecule has 1 aliphatic heterocycles. The van der Waals surface area contributed by atoms with Gasteiger partial charge in [0, 0.05) is 18.6 Å². The second kappa shape index (κ2) is 8.13. The fourth-order valence-electron chi connectivity index (χ4n) is 2.86. The number of rotatable bonds is 7. The number of hydrogen-bond acceptors (Lipinski definition) is 3. The normalized spacial score (nSPS) is 25.3. The van der Waals surface area contributed by atoms with E-state index in [1.165, 1.54) is 25.8 Å². The molecule has 0 saturated carbocycles. The number of aliphatic hydroxyl groups excluding tert-OH is 1. The molecule has 108 valence electrons. The Kier molecular flexibility index (Phi) is 7.20. The Balaban J connectivity index is 2.36. The number of hydrogen-bond donors (Lipinski definition) is 2. The summed E-state index contributed by atoms with van der Waals surface area (Å²) in [5.74, 6) is 0.682. The Labute approximate surface area is 113 Å². The van der Waals surface area contributed by atoms with Crippen LogP contribution in [0, 0.1) is 5.92 Å². The van der Waals surface area contributed by atoms with Crippen molar-refractivity contribution in [3.05, 3.63) is 0 Å². The molecular weight excluding hydrogens is 224 g/mol. The molecule has 0 spiro atoms. The summed E-state index contributed by atoms with van der Waals surface area (Å²) in [7, 11) is 0. The van der Waals surface area contributed by atoms with Crippen LogP contribution in [-0.2, 0) is 0 Å². The van der Waals surface area contributed by atoms with Gasteiger partial charge in [0.05, 0.1) is 6.10 Å². The molecule has 0 amide bonds. The Morgan fingerprint density at radius 1 is 1.22 bits per heavy atom. The molecule has 3 heteroatoms. The summed E-state index contributed by atoms with van der Waals surface area (Å²) in [6, 6.07) is 1.17. The van der Waals surface area contributed by atoms with Crippen LogP contribution in [0.25, 0.3) is 0 Å². The van der Waals surface area contributed by atoms with Crippen LogP contribution < -0.4 is 5.32 Å². The fraction of sp³-hybridized carbons (Fsp3) is 1.00. The van der Waals surface area contributed by atoms with Crippen molar-refractivity contribution in [2.45, 2.75) is 71.6 Å². The molecule has 18 heavy (non-hydrogen) atoms. The van der Waals surface area contributed by atoms with Gasteiger partial charge in [-0.2, -0.15) is 0 Å². The van der Waals surface area contributed by atoms with E-state index >= 15 is 0 Å². The Morgan fingerprint density at radius 3 is 2.56 bits per heavy atom. The molecular formula is C15H32N2O. The number of piperidine rings is 1. The summed E-state index contributed by atoms with van der Waals surface area (Å²) in [6.07, 6.45) is 4.67. The second-order valence-electron chi connectivity index (χ2n) is 6.40. The van der Waals surface area contributed by atoms with Crippen molar-refractivity contribution in [3.8, 4) is 0 Å². The van der Waals surface area contributed by atoms with Gasteiger partial charge in [-0.05, 0) is 45.2 Å². The van der Waals surface area contributed by atoms with Crippen molar-refractivity contribution >= 4 is 0 Å². The number of nitrogens with one attached hydrogen (secondary N) is 1. The van der Waals surface area contributed by atoms with E-state index in [1.54, 1.807) is 0 Å². The fourth-order valence-corrected chi connectivity index (χ4v) is 2.86. The molecule has 1 saturated heterocycles. The van der Waals surface area contributed by atoms with Crippen molar-refractivity contribution in [3.63, 3.8) is 0 Å². The summed E-state index contributed by atoms with van der Waals surface area (Å²) in [4.78, 5) is 2.60.